The number of piperazine rings is 1. The first-order chi connectivity index (χ1) is 14.0. The van der Waals surface area contributed by atoms with Crippen molar-refractivity contribution in [1.82, 2.24) is 14.8 Å². The highest BCUT2D eigenvalue weighted by Gasteiger charge is 2.26. The number of thiazole rings is 1. The fourth-order valence-electron chi connectivity index (χ4n) is 3.37. The lowest BCUT2D eigenvalue weighted by atomic mass is 10.2. The van der Waals surface area contributed by atoms with Gasteiger partial charge in [0, 0.05) is 32.7 Å². The maximum atomic E-state index is 13.0. The van der Waals surface area contributed by atoms with Crippen molar-refractivity contribution in [3.05, 3.63) is 56.9 Å². The van der Waals surface area contributed by atoms with Crippen LogP contribution in [0.4, 0.5) is 0 Å². The number of carbonyl (C=O) groups excluding carboxylic acids is 1. The van der Waals surface area contributed by atoms with Crippen molar-refractivity contribution in [2.24, 2.45) is 0 Å². The molecule has 0 bridgehead atoms. The molecule has 3 aromatic rings. The number of amides is 1. The zero-order chi connectivity index (χ0) is 20.4. The van der Waals surface area contributed by atoms with Crippen LogP contribution in [0.15, 0.2) is 36.4 Å². The van der Waals surface area contributed by atoms with E-state index in [0.717, 1.165) is 63.3 Å². The summed E-state index contributed by atoms with van der Waals surface area (Å²) in [5.74, 6) is 0.950. The van der Waals surface area contributed by atoms with E-state index in [1.165, 1.54) is 28.2 Å². The van der Waals surface area contributed by atoms with Crippen LogP contribution >= 0.6 is 34.3 Å². The van der Waals surface area contributed by atoms with Crippen molar-refractivity contribution < 1.29 is 9.53 Å². The molecular weight excluding hydrogens is 426 g/mol. The average Bonchev–Trinajstić information content (AvgIpc) is 3.34. The number of methoxy groups -OCH3 is 1. The molecule has 29 heavy (non-hydrogen) atoms. The van der Waals surface area contributed by atoms with Gasteiger partial charge in [0.1, 0.15) is 15.6 Å². The molecule has 1 amide bonds. The van der Waals surface area contributed by atoms with E-state index in [9.17, 15) is 4.79 Å². The molecule has 0 N–H and O–H groups in total. The summed E-state index contributed by atoms with van der Waals surface area (Å²) in [6, 6.07) is 12.0. The molecule has 1 aliphatic rings. The Labute approximate surface area is 183 Å². The molecule has 5 nitrogen and oxygen atoms in total. The number of hydrogen-bond donors (Lipinski definition) is 0. The largest absolute Gasteiger partial charge is 0.497 e. The predicted octanol–water partition coefficient (Wildman–Crippen LogP) is 4.80. The Balaban J connectivity index is 1.37. The van der Waals surface area contributed by atoms with Gasteiger partial charge in [0.2, 0.25) is 0 Å². The van der Waals surface area contributed by atoms with Gasteiger partial charge in [-0.1, -0.05) is 23.7 Å². The summed E-state index contributed by atoms with van der Waals surface area (Å²) in [7, 11) is 1.68. The first-order valence-corrected chi connectivity index (χ1v) is 11.4. The maximum Gasteiger partial charge on any atom is 0.265 e. The highest BCUT2D eigenvalue weighted by atomic mass is 35.5. The van der Waals surface area contributed by atoms with Crippen LogP contribution in [0.1, 0.15) is 20.9 Å². The highest BCUT2D eigenvalue weighted by molar-refractivity contribution is 7.24. The summed E-state index contributed by atoms with van der Waals surface area (Å²) in [6.07, 6.45) is 0. The minimum atomic E-state index is 0.0815. The molecule has 0 aliphatic carbocycles. The summed E-state index contributed by atoms with van der Waals surface area (Å²) in [4.78, 5) is 23.7. The summed E-state index contributed by atoms with van der Waals surface area (Å²) >= 11 is 8.98. The van der Waals surface area contributed by atoms with Gasteiger partial charge < -0.3 is 9.64 Å². The van der Waals surface area contributed by atoms with E-state index in [1.807, 2.05) is 36.1 Å². The number of benzene rings is 1. The first kappa shape index (κ1) is 20.3. The van der Waals surface area contributed by atoms with Gasteiger partial charge in [-0.3, -0.25) is 9.69 Å². The van der Waals surface area contributed by atoms with Crippen molar-refractivity contribution in [3.63, 3.8) is 0 Å². The van der Waals surface area contributed by atoms with Crippen LogP contribution in [-0.4, -0.2) is 54.0 Å². The second-order valence-corrected chi connectivity index (χ2v) is 9.67. The van der Waals surface area contributed by atoms with Crippen LogP contribution in [0.5, 0.6) is 5.75 Å². The Bertz CT molecular complexity index is 992. The Hall–Kier alpha value is -1.93. The third-order valence-electron chi connectivity index (χ3n) is 5.00. The lowest BCUT2D eigenvalue weighted by Gasteiger charge is -2.34. The van der Waals surface area contributed by atoms with Gasteiger partial charge in [-0.2, -0.15) is 0 Å². The van der Waals surface area contributed by atoms with Crippen LogP contribution in [0.2, 0.25) is 4.34 Å². The summed E-state index contributed by atoms with van der Waals surface area (Å²) in [6.45, 7) is 5.97. The van der Waals surface area contributed by atoms with E-state index < -0.39 is 0 Å². The topological polar surface area (TPSA) is 45.7 Å². The second-order valence-electron chi connectivity index (χ2n) is 6.95. The predicted molar refractivity (Wildman–Crippen MR) is 119 cm³/mol. The molecular formula is C21H22ClN3O2S2. The third kappa shape index (κ3) is 4.64. The molecule has 4 rings (SSSR count). The second kappa shape index (κ2) is 8.83. The Morgan fingerprint density at radius 3 is 2.45 bits per heavy atom. The van der Waals surface area contributed by atoms with Gasteiger partial charge in [0.05, 0.1) is 22.0 Å². The van der Waals surface area contributed by atoms with Gasteiger partial charge in [0.25, 0.3) is 5.91 Å². The molecule has 1 aromatic carbocycles. The minimum Gasteiger partial charge on any atom is -0.497 e. The van der Waals surface area contributed by atoms with E-state index in [0.29, 0.717) is 0 Å². The van der Waals surface area contributed by atoms with Gasteiger partial charge in [-0.25, -0.2) is 4.98 Å². The lowest BCUT2D eigenvalue weighted by Crippen LogP contribution is -2.48. The number of halogens is 1. The highest BCUT2D eigenvalue weighted by Crippen LogP contribution is 2.35. The van der Waals surface area contributed by atoms with Crippen molar-refractivity contribution in [3.8, 4) is 15.6 Å². The Morgan fingerprint density at radius 2 is 1.83 bits per heavy atom. The number of ether oxygens (including phenoxy) is 1. The molecule has 0 saturated carbocycles. The minimum absolute atomic E-state index is 0.0815. The van der Waals surface area contributed by atoms with Gasteiger partial charge in [-0.15, -0.1) is 22.7 Å². The standard InChI is InChI=1S/C21H22ClN3O2S2/c1-14-19(29-20(23-14)17-7-8-18(22)28-17)21(26)25-11-9-24(10-12-25)13-15-3-5-16(27-2)6-4-15/h3-8H,9-13H2,1-2H3. The Kier molecular flexibility index (Phi) is 6.20. The van der Waals surface area contributed by atoms with E-state index in [2.05, 4.69) is 22.0 Å². The molecule has 0 atom stereocenters. The number of nitrogens with zero attached hydrogens (tertiary/aromatic N) is 3. The molecule has 1 saturated heterocycles. The zero-order valence-electron chi connectivity index (χ0n) is 16.4. The summed E-state index contributed by atoms with van der Waals surface area (Å²) in [5, 5.41) is 0.862. The van der Waals surface area contributed by atoms with Crippen molar-refractivity contribution in [2.45, 2.75) is 13.5 Å². The normalized spacial score (nSPS) is 14.9. The molecule has 0 radical (unpaired) electrons. The van der Waals surface area contributed by atoms with Crippen molar-refractivity contribution >= 4 is 40.2 Å². The molecule has 3 heterocycles. The van der Waals surface area contributed by atoms with E-state index in [-0.39, 0.29) is 5.91 Å². The van der Waals surface area contributed by atoms with Crippen LogP contribution in [0.25, 0.3) is 9.88 Å². The van der Waals surface area contributed by atoms with Crippen LogP contribution in [0.3, 0.4) is 0 Å². The van der Waals surface area contributed by atoms with E-state index in [4.69, 9.17) is 16.3 Å². The molecule has 0 spiro atoms. The zero-order valence-corrected chi connectivity index (χ0v) is 18.7. The van der Waals surface area contributed by atoms with Crippen molar-refractivity contribution in [2.75, 3.05) is 33.3 Å². The maximum absolute atomic E-state index is 13.0. The van der Waals surface area contributed by atoms with Crippen LogP contribution < -0.4 is 4.74 Å². The van der Waals surface area contributed by atoms with E-state index >= 15 is 0 Å². The SMILES string of the molecule is COc1ccc(CN2CCN(C(=O)c3sc(-c4ccc(Cl)s4)nc3C)CC2)cc1. The van der Waals surface area contributed by atoms with Crippen molar-refractivity contribution in [1.29, 1.82) is 0 Å². The molecule has 1 fully saturated rings. The summed E-state index contributed by atoms with van der Waals surface area (Å²) in [5.41, 5.74) is 2.04. The summed E-state index contributed by atoms with van der Waals surface area (Å²) < 4.78 is 5.94. The van der Waals surface area contributed by atoms with Gasteiger partial charge in [0.15, 0.2) is 0 Å². The van der Waals surface area contributed by atoms with Gasteiger partial charge in [-0.05, 0) is 36.8 Å². The lowest BCUT2D eigenvalue weighted by molar-refractivity contribution is 0.0632. The molecule has 8 heteroatoms. The molecule has 0 unspecified atom stereocenters. The smallest absolute Gasteiger partial charge is 0.265 e. The number of thiophene rings is 1. The number of aryl methyl sites for hydroxylation is 1. The number of carbonyl (C=O) groups is 1. The quantitative estimate of drug-likeness (QED) is 0.563. The van der Waals surface area contributed by atoms with E-state index in [1.54, 1.807) is 7.11 Å². The average molecular weight is 448 g/mol. The molecule has 2 aromatic heterocycles. The number of rotatable bonds is 5. The fraction of sp³-hybridized carbons (Fsp3) is 0.333. The first-order valence-electron chi connectivity index (χ1n) is 9.41. The fourth-order valence-corrected chi connectivity index (χ4v) is 5.50. The number of hydrogen-bond acceptors (Lipinski definition) is 6. The van der Waals surface area contributed by atoms with Crippen LogP contribution in [0, 0.1) is 6.92 Å². The molecule has 1 aliphatic heterocycles. The van der Waals surface area contributed by atoms with Gasteiger partial charge >= 0.3 is 0 Å². The third-order valence-corrected chi connectivity index (χ3v) is 7.55. The van der Waals surface area contributed by atoms with Crippen LogP contribution in [-0.2, 0) is 6.54 Å². The monoisotopic (exact) mass is 447 g/mol. The molecule has 152 valence electrons. The number of aromatic nitrogens is 1. The Morgan fingerprint density at radius 1 is 1.10 bits per heavy atom.